The van der Waals surface area contributed by atoms with Crippen molar-refractivity contribution >= 4 is 52.9 Å². The maximum atomic E-state index is 14.2. The number of methoxy groups -OCH3 is 2. The van der Waals surface area contributed by atoms with E-state index in [0.717, 1.165) is 11.1 Å². The van der Waals surface area contributed by atoms with E-state index in [2.05, 4.69) is 19.2 Å². The van der Waals surface area contributed by atoms with E-state index in [0.29, 0.717) is 24.3 Å². The summed E-state index contributed by atoms with van der Waals surface area (Å²) in [6.07, 6.45) is 3.84. The van der Waals surface area contributed by atoms with Gasteiger partial charge in [0.1, 0.15) is 40.7 Å². The van der Waals surface area contributed by atoms with Crippen LogP contribution in [-0.4, -0.2) is 115 Å². The number of carbonyl (C=O) groups excluding carboxylic acids is 4. The van der Waals surface area contributed by atoms with Gasteiger partial charge in [-0.05, 0) is 57.6 Å². The molecule has 2 saturated heterocycles. The Labute approximate surface area is 328 Å². The van der Waals surface area contributed by atoms with Gasteiger partial charge in [-0.25, -0.2) is 9.59 Å². The third-order valence-corrected chi connectivity index (χ3v) is 12.7. The molecule has 0 radical (unpaired) electrons. The number of thioether (sulfide) groups is 1. The van der Waals surface area contributed by atoms with Gasteiger partial charge in [-0.3, -0.25) is 14.9 Å². The number of likely N-dealkylation sites (N-methyl/N-ethyl adjacent to an activating group) is 1. The van der Waals surface area contributed by atoms with E-state index < -0.39 is 65.7 Å². The van der Waals surface area contributed by atoms with E-state index in [4.69, 9.17) is 35.3 Å². The molecule has 300 valence electrons. The number of hydrogen-bond acceptors (Lipinski definition) is 11. The molecule has 3 heterocycles. The van der Waals surface area contributed by atoms with Crippen molar-refractivity contribution in [2.75, 3.05) is 39.5 Å². The number of nitrogens with zero attached hydrogens (tertiary/aromatic N) is 2. The minimum absolute atomic E-state index is 0.0467. The van der Waals surface area contributed by atoms with Gasteiger partial charge >= 0.3 is 12.1 Å². The van der Waals surface area contributed by atoms with Gasteiger partial charge < -0.3 is 38.6 Å². The average Bonchev–Trinajstić information content (AvgIpc) is 3.82. The van der Waals surface area contributed by atoms with Crippen LogP contribution in [0.4, 0.5) is 10.5 Å². The number of nitrogens with one attached hydrogen (secondary N) is 1. The summed E-state index contributed by atoms with van der Waals surface area (Å²) in [6, 6.07) is 2.63. The van der Waals surface area contributed by atoms with Crippen LogP contribution >= 0.6 is 23.4 Å². The van der Waals surface area contributed by atoms with Gasteiger partial charge in [0.2, 0.25) is 11.8 Å². The SMILES string of the molecule is COc1cc2cc(c1Cl)N(C)C(=O)C[C@H](OC(=O)[C@H](C)N(C)C(=O)CCC(C)(C)SC)[C@]1(C)O[C@H]1[C@H](C)[C@@H]1C[C@@](O)(NC(=O)O1)[C@H](OC)/C=C/C=C(\C)C2. The van der Waals surface area contributed by atoms with E-state index in [1.807, 2.05) is 19.3 Å². The Kier molecular flexibility index (Phi) is 13.9. The first-order valence-corrected chi connectivity index (χ1v) is 19.7. The lowest BCUT2D eigenvalue weighted by molar-refractivity contribution is -0.162. The van der Waals surface area contributed by atoms with Crippen molar-refractivity contribution in [1.29, 1.82) is 0 Å². The number of ether oxygens (including phenoxy) is 5. The third kappa shape index (κ3) is 9.73. The van der Waals surface area contributed by atoms with E-state index in [9.17, 15) is 24.3 Å². The smallest absolute Gasteiger partial charge is 0.409 e. The Morgan fingerprint density at radius 1 is 1.26 bits per heavy atom. The van der Waals surface area contributed by atoms with Gasteiger partial charge in [0.15, 0.2) is 5.72 Å². The van der Waals surface area contributed by atoms with E-state index in [-0.39, 0.29) is 34.9 Å². The van der Waals surface area contributed by atoms with Crippen molar-refractivity contribution in [3.63, 3.8) is 0 Å². The monoisotopic (exact) mass is 793 g/mol. The molecule has 13 nitrogen and oxygen atoms in total. The van der Waals surface area contributed by atoms with Gasteiger partial charge in [0, 0.05) is 44.7 Å². The molecule has 3 aliphatic heterocycles. The van der Waals surface area contributed by atoms with Gasteiger partial charge in [-0.2, -0.15) is 11.8 Å². The number of esters is 1. The number of halogens is 1. The number of amides is 3. The first-order chi connectivity index (χ1) is 25.2. The second kappa shape index (κ2) is 17.2. The summed E-state index contributed by atoms with van der Waals surface area (Å²) in [7, 11) is 6.07. The summed E-state index contributed by atoms with van der Waals surface area (Å²) in [4.78, 5) is 56.8. The number of epoxide rings is 1. The number of benzene rings is 1. The lowest BCUT2D eigenvalue weighted by Gasteiger charge is -2.42. The average molecular weight is 794 g/mol. The maximum Gasteiger partial charge on any atom is 0.409 e. The largest absolute Gasteiger partial charge is 0.495 e. The van der Waals surface area contributed by atoms with Crippen LogP contribution in [0.5, 0.6) is 5.75 Å². The maximum absolute atomic E-state index is 14.2. The summed E-state index contributed by atoms with van der Waals surface area (Å²) in [6.45, 7) is 11.2. The topological polar surface area (TPSA) is 156 Å². The van der Waals surface area contributed by atoms with Gasteiger partial charge in [-0.1, -0.05) is 56.2 Å². The Bertz CT molecular complexity index is 1650. The Hall–Kier alpha value is -3.30. The second-order valence-electron chi connectivity index (χ2n) is 15.4. The van der Waals surface area contributed by atoms with Gasteiger partial charge in [0.05, 0.1) is 25.3 Å². The van der Waals surface area contributed by atoms with E-state index in [1.54, 1.807) is 70.9 Å². The first kappa shape index (κ1) is 43.4. The Morgan fingerprint density at radius 3 is 2.57 bits per heavy atom. The summed E-state index contributed by atoms with van der Waals surface area (Å²) in [5.41, 5.74) is -0.894. The number of carbonyl (C=O) groups is 4. The zero-order chi connectivity index (χ0) is 40.3. The molecule has 4 rings (SSSR count). The molecule has 4 bridgehead atoms. The van der Waals surface area contributed by atoms with Gasteiger partial charge in [-0.15, -0.1) is 0 Å². The lowest BCUT2D eigenvalue weighted by atomic mass is 9.83. The minimum atomic E-state index is -1.82. The fraction of sp³-hybridized carbons (Fsp3) is 0.641. The highest BCUT2D eigenvalue weighted by molar-refractivity contribution is 7.99. The zero-order valence-electron chi connectivity index (χ0n) is 33.2. The number of aliphatic hydroxyl groups is 1. The van der Waals surface area contributed by atoms with Crippen LogP contribution in [0.15, 0.2) is 35.9 Å². The van der Waals surface area contributed by atoms with E-state index in [1.165, 1.54) is 24.0 Å². The van der Waals surface area contributed by atoms with Crippen LogP contribution in [-0.2, 0) is 39.8 Å². The molecule has 8 atom stereocenters. The van der Waals surface area contributed by atoms with Gasteiger partial charge in [0.25, 0.3) is 0 Å². The number of anilines is 1. The Morgan fingerprint density at radius 2 is 1.94 bits per heavy atom. The normalized spacial score (nSPS) is 31.2. The summed E-state index contributed by atoms with van der Waals surface area (Å²) < 4.78 is 29.2. The second-order valence-corrected chi connectivity index (χ2v) is 17.3. The lowest BCUT2D eigenvalue weighted by Crippen LogP contribution is -2.63. The molecule has 2 N–H and O–H groups in total. The summed E-state index contributed by atoms with van der Waals surface area (Å²) in [5, 5.41) is 14.5. The number of allylic oxidation sites excluding steroid dienone is 3. The molecule has 0 aromatic heterocycles. The van der Waals surface area contributed by atoms with Crippen molar-refractivity contribution in [3.8, 4) is 5.75 Å². The fourth-order valence-electron chi connectivity index (χ4n) is 6.90. The van der Waals surface area contributed by atoms with Crippen molar-refractivity contribution in [2.24, 2.45) is 5.92 Å². The molecule has 0 spiro atoms. The van der Waals surface area contributed by atoms with Crippen molar-refractivity contribution in [2.45, 2.75) is 120 Å². The summed E-state index contributed by atoms with van der Waals surface area (Å²) in [5.74, 6) is -1.50. The van der Waals surface area contributed by atoms with Crippen LogP contribution in [0.2, 0.25) is 5.02 Å². The number of hydrogen-bond donors (Lipinski definition) is 2. The van der Waals surface area contributed by atoms with Crippen LogP contribution in [0.1, 0.15) is 72.8 Å². The highest BCUT2D eigenvalue weighted by Gasteiger charge is 2.64. The summed E-state index contributed by atoms with van der Waals surface area (Å²) >= 11 is 8.43. The standard InChI is InChI=1S/C39H56ClN3O10S/c1-22-13-12-14-29(50-10)39(48)21-28(51-36(47)41-39)23(2)34-38(6,53-34)30(52-35(46)24(3)42(7)31(44)15-16-37(4,5)54-11)20-32(45)43(8)26-18-25(17-22)19-27(49-9)33(26)40/h12-14,18-19,23-24,28-30,34,48H,15-17,20-21H2,1-11H3,(H,41,47)/b14-12+,22-13+/t23-,24+,28+,29-,30+,34+,38+,39+/m1/s1. The zero-order valence-corrected chi connectivity index (χ0v) is 34.8. The quantitative estimate of drug-likeness (QED) is 0.243. The molecule has 2 fully saturated rings. The number of fused-ring (bicyclic) bond motifs is 5. The molecule has 15 heteroatoms. The predicted octanol–water partition coefficient (Wildman–Crippen LogP) is 5.44. The minimum Gasteiger partial charge on any atom is -0.495 e. The van der Waals surface area contributed by atoms with Crippen molar-refractivity contribution in [3.05, 3.63) is 46.5 Å². The number of alkyl carbamates (subject to hydrolysis) is 1. The highest BCUT2D eigenvalue weighted by atomic mass is 35.5. The Balaban J connectivity index is 1.73. The molecular formula is C39H56ClN3O10S. The molecule has 1 aromatic carbocycles. The molecular weight excluding hydrogens is 738 g/mol. The molecule has 3 amide bonds. The van der Waals surface area contributed by atoms with E-state index >= 15 is 0 Å². The first-order valence-electron chi connectivity index (χ1n) is 18.1. The van der Waals surface area contributed by atoms with Crippen LogP contribution < -0.4 is 15.0 Å². The van der Waals surface area contributed by atoms with Crippen molar-refractivity contribution < 1.29 is 48.0 Å². The molecule has 3 aliphatic rings. The van der Waals surface area contributed by atoms with Crippen LogP contribution in [0.25, 0.3) is 0 Å². The molecule has 54 heavy (non-hydrogen) atoms. The van der Waals surface area contributed by atoms with Crippen LogP contribution in [0, 0.1) is 5.92 Å². The molecule has 0 saturated carbocycles. The van der Waals surface area contributed by atoms with Crippen LogP contribution in [0.3, 0.4) is 0 Å². The molecule has 1 aromatic rings. The highest BCUT2D eigenvalue weighted by Crippen LogP contribution is 2.49. The fourth-order valence-corrected chi connectivity index (χ4v) is 7.52. The molecule has 0 unspecified atom stereocenters. The third-order valence-electron chi connectivity index (χ3n) is 11.0. The predicted molar refractivity (Wildman–Crippen MR) is 208 cm³/mol. The van der Waals surface area contributed by atoms with Crippen molar-refractivity contribution in [1.82, 2.24) is 10.2 Å². The number of rotatable bonds is 9. The molecule has 0 aliphatic carbocycles.